The molecule has 4 atom stereocenters. The van der Waals surface area contributed by atoms with Crippen molar-refractivity contribution in [1.82, 2.24) is 15.5 Å². The van der Waals surface area contributed by atoms with Gasteiger partial charge >= 0.3 is 0 Å². The highest BCUT2D eigenvalue weighted by molar-refractivity contribution is 5.79. The molecule has 0 radical (unpaired) electrons. The first-order valence-corrected chi connectivity index (χ1v) is 8.03. The number of hydrogen-bond acceptors (Lipinski definition) is 3. The molecule has 108 valence electrons. The summed E-state index contributed by atoms with van der Waals surface area (Å²) in [5.41, 5.74) is 0. The Labute approximate surface area is 116 Å². The maximum Gasteiger partial charge on any atom is 0.224 e. The minimum atomic E-state index is 0.173. The number of nitrogens with zero attached hydrogens (tertiary/aromatic N) is 1. The molecule has 3 aliphatic rings. The minimum absolute atomic E-state index is 0.173. The molecule has 0 aromatic rings. The maximum atomic E-state index is 12.5. The van der Waals surface area contributed by atoms with Gasteiger partial charge in [-0.1, -0.05) is 6.42 Å². The number of fused-ring (bicyclic) bond motifs is 1. The molecule has 3 rings (SSSR count). The summed E-state index contributed by atoms with van der Waals surface area (Å²) in [7, 11) is 0. The van der Waals surface area contributed by atoms with E-state index in [9.17, 15) is 4.79 Å². The molecule has 2 N–H and O–H groups in total. The number of carbonyl (C=O) groups excluding carboxylic acids is 1. The Kier molecular flexibility index (Phi) is 4.08. The van der Waals surface area contributed by atoms with Gasteiger partial charge in [0.05, 0.1) is 5.92 Å². The van der Waals surface area contributed by atoms with Crippen LogP contribution in [0.5, 0.6) is 0 Å². The second-order valence-electron chi connectivity index (χ2n) is 6.49. The zero-order chi connectivity index (χ0) is 13.2. The van der Waals surface area contributed by atoms with E-state index in [1.807, 2.05) is 0 Å². The van der Waals surface area contributed by atoms with Gasteiger partial charge < -0.3 is 10.6 Å². The largest absolute Gasteiger partial charge is 0.351 e. The number of nitrogens with one attached hydrogen (secondary N) is 2. The maximum absolute atomic E-state index is 12.5. The van der Waals surface area contributed by atoms with E-state index in [0.717, 1.165) is 25.8 Å². The van der Waals surface area contributed by atoms with E-state index in [1.165, 1.54) is 32.4 Å². The molecule has 0 aromatic carbocycles. The van der Waals surface area contributed by atoms with E-state index in [2.05, 4.69) is 22.5 Å². The van der Waals surface area contributed by atoms with Crippen molar-refractivity contribution in [3.63, 3.8) is 0 Å². The van der Waals surface area contributed by atoms with Gasteiger partial charge in [0, 0.05) is 24.7 Å². The van der Waals surface area contributed by atoms with Gasteiger partial charge in [-0.2, -0.15) is 0 Å². The minimum Gasteiger partial charge on any atom is -0.351 e. The van der Waals surface area contributed by atoms with Gasteiger partial charge in [-0.3, -0.25) is 9.69 Å². The molecular weight excluding hydrogens is 238 g/mol. The fourth-order valence-corrected chi connectivity index (χ4v) is 4.11. The molecule has 4 nitrogen and oxygen atoms in total. The number of hydrogen-bond donors (Lipinski definition) is 2. The molecule has 0 spiro atoms. The van der Waals surface area contributed by atoms with Crippen molar-refractivity contribution in [3.05, 3.63) is 0 Å². The zero-order valence-corrected chi connectivity index (χ0v) is 12.0. The zero-order valence-electron chi connectivity index (χ0n) is 12.0. The third kappa shape index (κ3) is 2.79. The topological polar surface area (TPSA) is 44.4 Å². The second-order valence-corrected chi connectivity index (χ2v) is 6.49. The Morgan fingerprint density at radius 1 is 1.16 bits per heavy atom. The van der Waals surface area contributed by atoms with E-state index >= 15 is 0 Å². The van der Waals surface area contributed by atoms with E-state index in [1.54, 1.807) is 0 Å². The van der Waals surface area contributed by atoms with E-state index < -0.39 is 0 Å². The Bertz CT molecular complexity index is 333. The molecule has 0 aromatic heterocycles. The third-order valence-electron chi connectivity index (χ3n) is 5.28. The van der Waals surface area contributed by atoms with Gasteiger partial charge in [0.2, 0.25) is 5.91 Å². The monoisotopic (exact) mass is 265 g/mol. The van der Waals surface area contributed by atoms with Crippen molar-refractivity contribution >= 4 is 5.91 Å². The second kappa shape index (κ2) is 5.80. The van der Waals surface area contributed by atoms with Crippen LogP contribution in [0.25, 0.3) is 0 Å². The average Bonchev–Trinajstić information content (AvgIpc) is 2.83. The Hall–Kier alpha value is -0.610. The fourth-order valence-electron chi connectivity index (χ4n) is 4.11. The van der Waals surface area contributed by atoms with Gasteiger partial charge in [-0.05, 0) is 52.1 Å². The smallest absolute Gasteiger partial charge is 0.224 e. The number of carbonyl (C=O) groups is 1. The first-order valence-electron chi connectivity index (χ1n) is 8.03. The van der Waals surface area contributed by atoms with Crippen LogP contribution in [0.1, 0.15) is 45.4 Å². The predicted octanol–water partition coefficient (Wildman–Crippen LogP) is 1.12. The summed E-state index contributed by atoms with van der Waals surface area (Å²) in [4.78, 5) is 15.0. The number of rotatable bonds is 2. The van der Waals surface area contributed by atoms with E-state index in [0.29, 0.717) is 18.1 Å². The third-order valence-corrected chi connectivity index (χ3v) is 5.28. The molecular formula is C15H27N3O. The van der Waals surface area contributed by atoms with Gasteiger partial charge in [0.25, 0.3) is 0 Å². The Morgan fingerprint density at radius 2 is 2.05 bits per heavy atom. The Balaban J connectivity index is 1.57. The van der Waals surface area contributed by atoms with E-state index in [4.69, 9.17) is 0 Å². The van der Waals surface area contributed by atoms with Crippen LogP contribution in [-0.2, 0) is 4.79 Å². The molecule has 0 saturated carbocycles. The van der Waals surface area contributed by atoms with Crippen molar-refractivity contribution in [2.24, 2.45) is 5.92 Å². The molecule has 0 bridgehead atoms. The molecule has 1 amide bonds. The van der Waals surface area contributed by atoms with Crippen molar-refractivity contribution in [2.75, 3.05) is 19.6 Å². The highest BCUT2D eigenvalue weighted by atomic mass is 16.2. The molecule has 19 heavy (non-hydrogen) atoms. The van der Waals surface area contributed by atoms with E-state index in [-0.39, 0.29) is 11.8 Å². The van der Waals surface area contributed by atoms with Gasteiger partial charge in [-0.25, -0.2) is 0 Å². The van der Waals surface area contributed by atoms with Gasteiger partial charge in [0.1, 0.15) is 0 Å². The lowest BCUT2D eigenvalue weighted by atomic mass is 9.90. The number of amides is 1. The first-order chi connectivity index (χ1) is 9.25. The van der Waals surface area contributed by atoms with Crippen LogP contribution in [0.4, 0.5) is 0 Å². The highest BCUT2D eigenvalue weighted by Crippen LogP contribution is 2.27. The normalized spacial score (nSPS) is 39.8. The van der Waals surface area contributed by atoms with Gasteiger partial charge in [-0.15, -0.1) is 0 Å². The van der Waals surface area contributed by atoms with Crippen LogP contribution in [0.2, 0.25) is 0 Å². The summed E-state index contributed by atoms with van der Waals surface area (Å²) in [5, 5.41) is 6.78. The first kappa shape index (κ1) is 13.4. The summed E-state index contributed by atoms with van der Waals surface area (Å²) in [5.74, 6) is 0.462. The van der Waals surface area contributed by atoms with Gasteiger partial charge in [0.15, 0.2) is 0 Å². The molecule has 3 saturated heterocycles. The van der Waals surface area contributed by atoms with Crippen molar-refractivity contribution in [1.29, 1.82) is 0 Å². The van der Waals surface area contributed by atoms with Crippen LogP contribution in [0.3, 0.4) is 0 Å². The molecule has 3 aliphatic heterocycles. The molecule has 3 heterocycles. The predicted molar refractivity (Wildman–Crippen MR) is 75.9 cm³/mol. The fraction of sp³-hybridized carbons (Fsp3) is 0.933. The van der Waals surface area contributed by atoms with Crippen LogP contribution in [-0.4, -0.2) is 48.6 Å². The summed E-state index contributed by atoms with van der Waals surface area (Å²) < 4.78 is 0. The van der Waals surface area contributed by atoms with Crippen LogP contribution >= 0.6 is 0 Å². The summed E-state index contributed by atoms with van der Waals surface area (Å²) >= 11 is 0. The summed E-state index contributed by atoms with van der Waals surface area (Å²) in [6.07, 6.45) is 7.24. The SMILES string of the molecule is CC1NCCCC1C(=O)NC1CCN2CCCCC12. The van der Waals surface area contributed by atoms with Crippen molar-refractivity contribution < 1.29 is 4.79 Å². The summed E-state index contributed by atoms with van der Waals surface area (Å²) in [6.45, 7) is 5.61. The molecule has 4 heteroatoms. The van der Waals surface area contributed by atoms with Crippen LogP contribution in [0, 0.1) is 5.92 Å². The average molecular weight is 265 g/mol. The Morgan fingerprint density at radius 3 is 2.89 bits per heavy atom. The summed E-state index contributed by atoms with van der Waals surface area (Å²) in [6, 6.07) is 1.35. The molecule has 0 aliphatic carbocycles. The number of piperidine rings is 2. The lowest BCUT2D eigenvalue weighted by Gasteiger charge is -2.34. The lowest BCUT2D eigenvalue weighted by molar-refractivity contribution is -0.127. The standard InChI is InChI=1S/C15H27N3O/c1-11-12(5-4-8-16-11)15(19)17-13-7-10-18-9-3-2-6-14(13)18/h11-14,16H,2-10H2,1H3,(H,17,19). The van der Waals surface area contributed by atoms with Crippen molar-refractivity contribution in [2.45, 2.75) is 63.6 Å². The van der Waals surface area contributed by atoms with Crippen LogP contribution in [0.15, 0.2) is 0 Å². The quantitative estimate of drug-likeness (QED) is 0.786. The van der Waals surface area contributed by atoms with Crippen molar-refractivity contribution in [3.8, 4) is 0 Å². The molecule has 4 unspecified atom stereocenters. The highest BCUT2D eigenvalue weighted by Gasteiger charge is 2.38. The lowest BCUT2D eigenvalue weighted by Crippen LogP contribution is -2.52. The molecule has 3 fully saturated rings. The van der Waals surface area contributed by atoms with Crippen LogP contribution < -0.4 is 10.6 Å².